The van der Waals surface area contributed by atoms with Crippen LogP contribution in [0.15, 0.2) is 0 Å². The molecule has 2 rings (SSSR count). The largest absolute Gasteiger partial charge is 0.381 e. The van der Waals surface area contributed by atoms with Crippen molar-refractivity contribution in [2.45, 2.75) is 25.4 Å². The predicted molar refractivity (Wildman–Crippen MR) is 37.9 cm³/mol. The first-order valence-electron chi connectivity index (χ1n) is 4.16. The van der Waals surface area contributed by atoms with E-state index in [1.165, 1.54) is 19.3 Å². The molecule has 2 aliphatic rings. The molecule has 0 amide bonds. The van der Waals surface area contributed by atoms with Crippen molar-refractivity contribution >= 4 is 0 Å². The van der Waals surface area contributed by atoms with Crippen molar-refractivity contribution in [1.82, 2.24) is 0 Å². The van der Waals surface area contributed by atoms with E-state index < -0.39 is 0 Å². The highest BCUT2D eigenvalue weighted by Crippen LogP contribution is 2.26. The van der Waals surface area contributed by atoms with Crippen molar-refractivity contribution in [2.75, 3.05) is 19.8 Å². The normalized spacial score (nSPS) is 40.8. The van der Waals surface area contributed by atoms with Crippen LogP contribution in [0.3, 0.4) is 0 Å². The molecule has 0 bridgehead atoms. The fraction of sp³-hybridized carbons (Fsp3) is 1.00. The monoisotopic (exact) mass is 142 g/mol. The van der Waals surface area contributed by atoms with Gasteiger partial charge in [0.05, 0.1) is 12.7 Å². The molecule has 2 aliphatic heterocycles. The third kappa shape index (κ3) is 1.18. The summed E-state index contributed by atoms with van der Waals surface area (Å²) in [5.41, 5.74) is 0. The third-order valence-corrected chi connectivity index (χ3v) is 2.46. The highest BCUT2D eigenvalue weighted by atomic mass is 16.5. The summed E-state index contributed by atoms with van der Waals surface area (Å²) >= 11 is 0. The summed E-state index contributed by atoms with van der Waals surface area (Å²) in [5, 5.41) is 0. The molecule has 2 fully saturated rings. The van der Waals surface area contributed by atoms with Gasteiger partial charge < -0.3 is 9.47 Å². The van der Waals surface area contributed by atoms with Gasteiger partial charge in [-0.15, -0.1) is 0 Å². The molecule has 0 saturated carbocycles. The van der Waals surface area contributed by atoms with E-state index >= 15 is 0 Å². The molecule has 0 radical (unpaired) electrons. The number of hydrogen-bond acceptors (Lipinski definition) is 2. The van der Waals surface area contributed by atoms with E-state index in [1.54, 1.807) is 0 Å². The lowest BCUT2D eigenvalue weighted by Gasteiger charge is -2.14. The summed E-state index contributed by atoms with van der Waals surface area (Å²) in [4.78, 5) is 0. The van der Waals surface area contributed by atoms with Gasteiger partial charge in [-0.1, -0.05) is 0 Å². The minimum Gasteiger partial charge on any atom is -0.381 e. The van der Waals surface area contributed by atoms with Crippen molar-refractivity contribution in [3.8, 4) is 0 Å². The van der Waals surface area contributed by atoms with Gasteiger partial charge in [0.25, 0.3) is 0 Å². The van der Waals surface area contributed by atoms with Crippen molar-refractivity contribution in [3.05, 3.63) is 0 Å². The molecule has 2 heterocycles. The number of hydrogen-bond donors (Lipinski definition) is 0. The molecule has 0 aromatic rings. The van der Waals surface area contributed by atoms with E-state index in [-0.39, 0.29) is 0 Å². The molecule has 0 N–H and O–H groups in total. The lowest BCUT2D eigenvalue weighted by Crippen LogP contribution is -2.19. The van der Waals surface area contributed by atoms with Gasteiger partial charge in [-0.25, -0.2) is 0 Å². The Morgan fingerprint density at radius 2 is 2.10 bits per heavy atom. The zero-order chi connectivity index (χ0) is 6.81. The van der Waals surface area contributed by atoms with E-state index in [9.17, 15) is 0 Å². The van der Waals surface area contributed by atoms with Crippen LogP contribution in [0.25, 0.3) is 0 Å². The quantitative estimate of drug-likeness (QED) is 0.547. The first kappa shape index (κ1) is 6.62. The average Bonchev–Trinajstić information content (AvgIpc) is 2.59. The Hall–Kier alpha value is -0.0800. The maximum Gasteiger partial charge on any atom is 0.0626 e. The summed E-state index contributed by atoms with van der Waals surface area (Å²) < 4.78 is 10.8. The van der Waals surface area contributed by atoms with E-state index in [2.05, 4.69) is 0 Å². The minimum absolute atomic E-state index is 0.530. The molecular formula is C8H14O2. The van der Waals surface area contributed by atoms with E-state index in [0.717, 1.165) is 19.8 Å². The fourth-order valence-corrected chi connectivity index (χ4v) is 1.82. The van der Waals surface area contributed by atoms with Crippen molar-refractivity contribution < 1.29 is 9.47 Å². The summed E-state index contributed by atoms with van der Waals surface area (Å²) in [6.45, 7) is 2.86. The molecule has 0 aromatic heterocycles. The Morgan fingerprint density at radius 1 is 1.10 bits per heavy atom. The molecule has 2 nitrogen and oxygen atoms in total. The maximum absolute atomic E-state index is 5.56. The van der Waals surface area contributed by atoms with Gasteiger partial charge >= 0.3 is 0 Å². The molecule has 0 aliphatic carbocycles. The van der Waals surface area contributed by atoms with Crippen LogP contribution in [0.1, 0.15) is 19.3 Å². The third-order valence-electron chi connectivity index (χ3n) is 2.46. The van der Waals surface area contributed by atoms with Gasteiger partial charge in [-0.2, -0.15) is 0 Å². The molecule has 0 spiro atoms. The summed E-state index contributed by atoms with van der Waals surface area (Å²) in [6.07, 6.45) is 4.25. The summed E-state index contributed by atoms with van der Waals surface area (Å²) in [7, 11) is 0. The fourth-order valence-electron chi connectivity index (χ4n) is 1.82. The molecule has 2 heteroatoms. The molecule has 2 atom stereocenters. The lowest BCUT2D eigenvalue weighted by atomic mass is 10.00. The minimum atomic E-state index is 0.530. The van der Waals surface area contributed by atoms with Gasteiger partial charge in [0.2, 0.25) is 0 Å². The summed E-state index contributed by atoms with van der Waals surface area (Å²) in [6, 6.07) is 0. The maximum atomic E-state index is 5.56. The number of rotatable bonds is 1. The Bertz CT molecular complexity index is 87.8. The van der Waals surface area contributed by atoms with Crippen molar-refractivity contribution in [1.29, 1.82) is 0 Å². The zero-order valence-corrected chi connectivity index (χ0v) is 6.21. The van der Waals surface area contributed by atoms with Gasteiger partial charge in [0, 0.05) is 19.1 Å². The molecule has 0 aromatic carbocycles. The van der Waals surface area contributed by atoms with Gasteiger partial charge in [-0.05, 0) is 19.3 Å². The predicted octanol–water partition coefficient (Wildman–Crippen LogP) is 1.20. The van der Waals surface area contributed by atoms with Crippen molar-refractivity contribution in [3.63, 3.8) is 0 Å². The SMILES string of the molecule is C1COC(C2CCOC2)C1. The van der Waals surface area contributed by atoms with E-state index in [4.69, 9.17) is 9.47 Å². The molecular weight excluding hydrogens is 128 g/mol. The second kappa shape index (κ2) is 2.89. The Balaban J connectivity index is 1.85. The highest BCUT2D eigenvalue weighted by molar-refractivity contribution is 4.77. The first-order chi connectivity index (χ1) is 4.97. The topological polar surface area (TPSA) is 18.5 Å². The molecule has 2 saturated heterocycles. The smallest absolute Gasteiger partial charge is 0.0626 e. The van der Waals surface area contributed by atoms with Gasteiger partial charge in [-0.3, -0.25) is 0 Å². The van der Waals surface area contributed by atoms with Crippen LogP contribution in [0, 0.1) is 5.92 Å². The summed E-state index contributed by atoms with van der Waals surface area (Å²) in [5.74, 6) is 0.711. The van der Waals surface area contributed by atoms with Crippen LogP contribution < -0.4 is 0 Å². The zero-order valence-electron chi connectivity index (χ0n) is 6.21. The number of ether oxygens (including phenoxy) is 2. The van der Waals surface area contributed by atoms with Gasteiger partial charge in [0.1, 0.15) is 0 Å². The molecule has 2 unspecified atom stereocenters. The van der Waals surface area contributed by atoms with Crippen molar-refractivity contribution in [2.24, 2.45) is 5.92 Å². The van der Waals surface area contributed by atoms with Crippen LogP contribution >= 0.6 is 0 Å². The van der Waals surface area contributed by atoms with Gasteiger partial charge in [0.15, 0.2) is 0 Å². The van der Waals surface area contributed by atoms with Crippen LogP contribution in [-0.2, 0) is 9.47 Å². The Morgan fingerprint density at radius 3 is 2.70 bits per heavy atom. The van der Waals surface area contributed by atoms with Crippen LogP contribution in [0.4, 0.5) is 0 Å². The van der Waals surface area contributed by atoms with Crippen LogP contribution in [-0.4, -0.2) is 25.9 Å². The first-order valence-corrected chi connectivity index (χ1v) is 4.16. The lowest BCUT2D eigenvalue weighted by molar-refractivity contribution is 0.0558. The Labute approximate surface area is 61.5 Å². The van der Waals surface area contributed by atoms with Crippen LogP contribution in [0.5, 0.6) is 0 Å². The average molecular weight is 142 g/mol. The Kier molecular flexibility index (Phi) is 1.91. The van der Waals surface area contributed by atoms with Crippen LogP contribution in [0.2, 0.25) is 0 Å². The molecule has 58 valence electrons. The standard InChI is InChI=1S/C8H14O2/c1-2-8(10-4-1)7-3-5-9-6-7/h7-8H,1-6H2. The van der Waals surface area contributed by atoms with E-state index in [1.807, 2.05) is 0 Å². The molecule has 10 heavy (non-hydrogen) atoms. The highest BCUT2D eigenvalue weighted by Gasteiger charge is 2.28. The second-order valence-corrected chi connectivity index (χ2v) is 3.18. The van der Waals surface area contributed by atoms with E-state index in [0.29, 0.717) is 12.0 Å². The second-order valence-electron chi connectivity index (χ2n) is 3.18.